The smallest absolute Gasteiger partial charge is 0.116 e. The molecule has 6 rings (SSSR count). The standard InChI is InChI=1S/C16H22O6/c1-3-7-9(17-5-1)11-15(21-11)13(19-7)14-16-12(22-16)10-8(20-14)4-2-6-18-10/h7-16H,1-6H2/t7-,8-,9-,10-,11-,12+,13+,14-,15+,16-/m0/s1. The van der Waals surface area contributed by atoms with Gasteiger partial charge < -0.3 is 28.4 Å². The minimum Gasteiger partial charge on any atom is -0.373 e. The quantitative estimate of drug-likeness (QED) is 0.654. The Balaban J connectivity index is 1.22. The summed E-state index contributed by atoms with van der Waals surface area (Å²) in [4.78, 5) is 0. The Bertz CT molecular complexity index is 430. The van der Waals surface area contributed by atoms with Crippen LogP contribution in [0.15, 0.2) is 0 Å². The monoisotopic (exact) mass is 310 g/mol. The summed E-state index contributed by atoms with van der Waals surface area (Å²) in [6.45, 7) is 1.66. The van der Waals surface area contributed by atoms with E-state index in [1.54, 1.807) is 0 Å². The van der Waals surface area contributed by atoms with Crippen LogP contribution in [0.1, 0.15) is 25.7 Å². The van der Waals surface area contributed by atoms with E-state index >= 15 is 0 Å². The molecule has 0 saturated carbocycles. The minimum atomic E-state index is -0.00849. The lowest BCUT2D eigenvalue weighted by Gasteiger charge is -2.42. The fourth-order valence-electron chi connectivity index (χ4n) is 4.87. The van der Waals surface area contributed by atoms with E-state index in [1.807, 2.05) is 0 Å². The van der Waals surface area contributed by atoms with E-state index < -0.39 is 0 Å². The van der Waals surface area contributed by atoms with Crippen molar-refractivity contribution >= 4 is 0 Å². The highest BCUT2D eigenvalue weighted by molar-refractivity contribution is 5.14. The van der Waals surface area contributed by atoms with Crippen LogP contribution in [0, 0.1) is 0 Å². The van der Waals surface area contributed by atoms with Crippen LogP contribution in [0.5, 0.6) is 0 Å². The molecule has 22 heavy (non-hydrogen) atoms. The lowest BCUT2D eigenvalue weighted by molar-refractivity contribution is -0.215. The molecule has 6 aliphatic rings. The Morgan fingerprint density at radius 3 is 1.36 bits per heavy atom. The van der Waals surface area contributed by atoms with Crippen molar-refractivity contribution in [1.29, 1.82) is 0 Å². The third-order valence-electron chi connectivity index (χ3n) is 6.03. The van der Waals surface area contributed by atoms with Crippen molar-refractivity contribution in [2.45, 2.75) is 86.7 Å². The lowest BCUT2D eigenvalue weighted by Crippen LogP contribution is -2.58. The highest BCUT2D eigenvalue weighted by Crippen LogP contribution is 2.49. The summed E-state index contributed by atoms with van der Waals surface area (Å²) in [7, 11) is 0. The molecule has 10 atom stereocenters. The normalized spacial score (nSPS) is 62.2. The molecule has 0 aromatic rings. The zero-order valence-corrected chi connectivity index (χ0v) is 12.5. The maximum atomic E-state index is 6.36. The Kier molecular flexibility index (Phi) is 2.77. The summed E-state index contributed by atoms with van der Waals surface area (Å²) >= 11 is 0. The first kappa shape index (κ1) is 13.1. The van der Waals surface area contributed by atoms with Crippen molar-refractivity contribution in [3.05, 3.63) is 0 Å². The average molecular weight is 310 g/mol. The summed E-state index contributed by atoms with van der Waals surface area (Å²) in [5.74, 6) is 0. The van der Waals surface area contributed by atoms with Crippen LogP contribution in [-0.4, -0.2) is 74.3 Å². The van der Waals surface area contributed by atoms with Gasteiger partial charge in [0.2, 0.25) is 0 Å². The van der Waals surface area contributed by atoms with E-state index in [0.29, 0.717) is 0 Å². The van der Waals surface area contributed by atoms with Crippen LogP contribution in [-0.2, 0) is 28.4 Å². The second kappa shape index (κ2) is 4.65. The predicted molar refractivity (Wildman–Crippen MR) is 72.6 cm³/mol. The Morgan fingerprint density at radius 1 is 0.455 bits per heavy atom. The molecule has 0 aromatic heterocycles. The van der Waals surface area contributed by atoms with Crippen molar-refractivity contribution in [3.8, 4) is 0 Å². The highest BCUT2D eigenvalue weighted by Gasteiger charge is 2.67. The van der Waals surface area contributed by atoms with Gasteiger partial charge in [-0.1, -0.05) is 0 Å². The molecule has 6 saturated heterocycles. The van der Waals surface area contributed by atoms with E-state index in [0.717, 1.165) is 38.9 Å². The summed E-state index contributed by atoms with van der Waals surface area (Å²) in [6, 6.07) is 0. The van der Waals surface area contributed by atoms with Gasteiger partial charge in [-0.05, 0) is 25.7 Å². The predicted octanol–water partition coefficient (Wildman–Crippen LogP) is 0.414. The van der Waals surface area contributed by atoms with Gasteiger partial charge in [-0.2, -0.15) is 0 Å². The molecule has 0 amide bonds. The topological polar surface area (TPSA) is 62.0 Å². The van der Waals surface area contributed by atoms with Crippen LogP contribution >= 0.6 is 0 Å². The molecule has 6 heteroatoms. The molecule has 0 N–H and O–H groups in total. The van der Waals surface area contributed by atoms with Gasteiger partial charge in [0.25, 0.3) is 0 Å². The van der Waals surface area contributed by atoms with E-state index in [2.05, 4.69) is 0 Å². The molecule has 0 aromatic carbocycles. The van der Waals surface area contributed by atoms with Crippen molar-refractivity contribution in [3.63, 3.8) is 0 Å². The number of ether oxygens (including phenoxy) is 6. The van der Waals surface area contributed by atoms with E-state index in [1.165, 1.54) is 0 Å². The van der Waals surface area contributed by atoms with Gasteiger partial charge in [-0.25, -0.2) is 0 Å². The molecule has 6 aliphatic heterocycles. The molecule has 122 valence electrons. The molecule has 6 fully saturated rings. The fraction of sp³-hybridized carbons (Fsp3) is 1.00. The lowest BCUT2D eigenvalue weighted by atomic mass is 9.89. The molecular formula is C16H22O6. The van der Waals surface area contributed by atoms with Crippen molar-refractivity contribution in [1.82, 2.24) is 0 Å². The summed E-state index contributed by atoms with van der Waals surface area (Å²) in [5.41, 5.74) is 0. The van der Waals surface area contributed by atoms with E-state index in [9.17, 15) is 0 Å². The second-order valence-electron chi connectivity index (χ2n) is 7.36. The Morgan fingerprint density at radius 2 is 0.864 bits per heavy atom. The largest absolute Gasteiger partial charge is 0.373 e. The van der Waals surface area contributed by atoms with Gasteiger partial charge in [0.15, 0.2) is 0 Å². The molecular weight excluding hydrogens is 288 g/mol. The van der Waals surface area contributed by atoms with Crippen LogP contribution in [0.25, 0.3) is 0 Å². The van der Waals surface area contributed by atoms with Crippen molar-refractivity contribution < 1.29 is 28.4 Å². The number of fused-ring (bicyclic) bond motifs is 6. The van der Waals surface area contributed by atoms with E-state index in [4.69, 9.17) is 28.4 Å². The summed E-state index contributed by atoms with van der Waals surface area (Å²) in [5, 5.41) is 0. The maximum Gasteiger partial charge on any atom is 0.116 e. The molecule has 0 radical (unpaired) electrons. The van der Waals surface area contributed by atoms with Gasteiger partial charge in [0.1, 0.15) is 48.8 Å². The van der Waals surface area contributed by atoms with Gasteiger partial charge in [0.05, 0.1) is 12.2 Å². The van der Waals surface area contributed by atoms with Gasteiger partial charge in [-0.15, -0.1) is 0 Å². The molecule has 0 aliphatic carbocycles. The van der Waals surface area contributed by atoms with Crippen LogP contribution < -0.4 is 0 Å². The zero-order valence-electron chi connectivity index (χ0n) is 12.5. The third kappa shape index (κ3) is 1.82. The minimum absolute atomic E-state index is 0.00849. The number of hydrogen-bond acceptors (Lipinski definition) is 6. The summed E-state index contributed by atoms with van der Waals surface area (Å²) in [6.07, 6.45) is 5.44. The van der Waals surface area contributed by atoms with Gasteiger partial charge in [0, 0.05) is 13.2 Å². The first-order chi connectivity index (χ1) is 10.9. The molecule has 0 unspecified atom stereocenters. The Labute approximate surface area is 129 Å². The Hall–Kier alpha value is -0.240. The first-order valence-corrected chi connectivity index (χ1v) is 8.75. The first-order valence-electron chi connectivity index (χ1n) is 8.75. The molecule has 6 heterocycles. The number of epoxide rings is 2. The van der Waals surface area contributed by atoms with E-state index in [-0.39, 0.29) is 61.0 Å². The number of hydrogen-bond donors (Lipinski definition) is 0. The molecule has 0 bridgehead atoms. The maximum absolute atomic E-state index is 6.36. The highest BCUT2D eigenvalue weighted by atomic mass is 16.7. The van der Waals surface area contributed by atoms with Crippen molar-refractivity contribution in [2.24, 2.45) is 0 Å². The number of rotatable bonds is 1. The molecule has 0 spiro atoms. The van der Waals surface area contributed by atoms with Gasteiger partial charge in [-0.3, -0.25) is 0 Å². The average Bonchev–Trinajstić information content (AvgIpc) is 3.46. The van der Waals surface area contributed by atoms with Crippen LogP contribution in [0.2, 0.25) is 0 Å². The van der Waals surface area contributed by atoms with Gasteiger partial charge >= 0.3 is 0 Å². The zero-order chi connectivity index (χ0) is 14.3. The second-order valence-corrected chi connectivity index (χ2v) is 7.36. The summed E-state index contributed by atoms with van der Waals surface area (Å²) < 4.78 is 36.2. The molecule has 6 nitrogen and oxygen atoms in total. The van der Waals surface area contributed by atoms with Crippen LogP contribution in [0.3, 0.4) is 0 Å². The van der Waals surface area contributed by atoms with Crippen molar-refractivity contribution in [2.75, 3.05) is 13.2 Å². The SMILES string of the molecule is C1CO[C@@H]2[C@@H]3O[C@H]3[C@@H]([C@@H]3O[C@H]4CCCO[C@@H]4[C@H]4O[C@H]34)O[C@H]2C1. The third-order valence-corrected chi connectivity index (χ3v) is 6.03. The van der Waals surface area contributed by atoms with Crippen LogP contribution in [0.4, 0.5) is 0 Å². The fourth-order valence-corrected chi connectivity index (χ4v) is 4.87.